The minimum absolute atomic E-state index is 0.213. The van der Waals surface area contributed by atoms with Crippen molar-refractivity contribution in [1.82, 2.24) is 9.97 Å². The fraction of sp³-hybridized carbons (Fsp3) is 0.143. The molecule has 0 aliphatic rings. The van der Waals surface area contributed by atoms with E-state index in [1.165, 1.54) is 19.5 Å². The molecular formula is C14H12N4O2. The third-order valence-electron chi connectivity index (χ3n) is 2.63. The van der Waals surface area contributed by atoms with Crippen molar-refractivity contribution in [1.29, 1.82) is 5.26 Å². The van der Waals surface area contributed by atoms with E-state index in [4.69, 9.17) is 10.00 Å². The Morgan fingerprint density at radius 1 is 1.30 bits per heavy atom. The van der Waals surface area contributed by atoms with Crippen LogP contribution in [-0.4, -0.2) is 23.0 Å². The lowest BCUT2D eigenvalue weighted by Crippen LogP contribution is -2.22. The summed E-state index contributed by atoms with van der Waals surface area (Å²) in [5, 5.41) is 11.6. The molecule has 6 nitrogen and oxygen atoms in total. The van der Waals surface area contributed by atoms with Crippen LogP contribution in [0.3, 0.4) is 0 Å². The Bertz CT molecular complexity index is 620. The summed E-state index contributed by atoms with van der Waals surface area (Å²) in [6, 6.07) is 10.3. The fourth-order valence-electron chi connectivity index (χ4n) is 1.65. The van der Waals surface area contributed by atoms with Crippen LogP contribution >= 0.6 is 0 Å². The predicted octanol–water partition coefficient (Wildman–Crippen LogP) is 1.67. The molecule has 6 heteroatoms. The van der Waals surface area contributed by atoms with Crippen molar-refractivity contribution in [3.63, 3.8) is 0 Å². The first-order chi connectivity index (χ1) is 9.74. The Hall–Kier alpha value is -2.94. The van der Waals surface area contributed by atoms with Gasteiger partial charge in [-0.1, -0.05) is 30.3 Å². The summed E-state index contributed by atoms with van der Waals surface area (Å²) in [6.07, 6.45) is 2.74. The first-order valence-electron chi connectivity index (χ1n) is 5.86. The first kappa shape index (κ1) is 13.5. The molecule has 1 N–H and O–H groups in total. The maximum absolute atomic E-state index is 11.9. The lowest BCUT2D eigenvalue weighted by atomic mass is 10.1. The van der Waals surface area contributed by atoms with Gasteiger partial charge in [0.2, 0.25) is 0 Å². The number of aromatic nitrogens is 2. The molecule has 2 rings (SSSR count). The van der Waals surface area contributed by atoms with Gasteiger partial charge in [0.05, 0.1) is 19.5 Å². The molecule has 0 aliphatic carbocycles. The van der Waals surface area contributed by atoms with Gasteiger partial charge in [-0.25, -0.2) is 14.8 Å². The van der Waals surface area contributed by atoms with Gasteiger partial charge in [0, 0.05) is 0 Å². The van der Waals surface area contributed by atoms with E-state index in [1.54, 1.807) is 0 Å². The van der Waals surface area contributed by atoms with E-state index in [-0.39, 0.29) is 5.69 Å². The Labute approximate surface area is 116 Å². The number of nitrogens with zero attached hydrogens (tertiary/aromatic N) is 3. The highest BCUT2D eigenvalue weighted by molar-refractivity contribution is 5.80. The van der Waals surface area contributed by atoms with Crippen molar-refractivity contribution >= 4 is 11.8 Å². The number of hydrogen-bond donors (Lipinski definition) is 1. The number of nitriles is 1. The molecule has 1 atom stereocenters. The van der Waals surface area contributed by atoms with Gasteiger partial charge in [-0.2, -0.15) is 5.26 Å². The molecule has 0 saturated carbocycles. The van der Waals surface area contributed by atoms with E-state index in [1.807, 2.05) is 36.4 Å². The van der Waals surface area contributed by atoms with Crippen LogP contribution in [0, 0.1) is 11.3 Å². The molecular weight excluding hydrogens is 256 g/mol. The largest absolute Gasteiger partial charge is 0.467 e. The summed E-state index contributed by atoms with van der Waals surface area (Å²) in [5.41, 5.74) is 0.968. The molecule has 0 amide bonds. The highest BCUT2D eigenvalue weighted by Gasteiger charge is 2.21. The Morgan fingerprint density at radius 3 is 2.60 bits per heavy atom. The molecule has 0 spiro atoms. The summed E-state index contributed by atoms with van der Waals surface area (Å²) in [7, 11) is 1.32. The number of hydrogen-bond acceptors (Lipinski definition) is 6. The van der Waals surface area contributed by atoms with Gasteiger partial charge in [-0.15, -0.1) is 0 Å². The average Bonchev–Trinajstić information content (AvgIpc) is 2.53. The zero-order valence-corrected chi connectivity index (χ0v) is 10.8. The van der Waals surface area contributed by atoms with Crippen LogP contribution in [0.4, 0.5) is 5.82 Å². The Balaban J connectivity index is 2.24. The molecule has 1 aromatic carbocycles. The Morgan fingerprint density at radius 2 is 2.05 bits per heavy atom. The second-order valence-electron chi connectivity index (χ2n) is 3.91. The monoisotopic (exact) mass is 268 g/mol. The number of carbonyl (C=O) groups is 1. The second kappa shape index (κ2) is 6.29. The van der Waals surface area contributed by atoms with E-state index in [2.05, 4.69) is 15.3 Å². The SMILES string of the molecule is COC(=O)C(Nc1cnc(C#N)cn1)c1ccccc1. The highest BCUT2D eigenvalue weighted by atomic mass is 16.5. The van der Waals surface area contributed by atoms with Gasteiger partial charge in [0.25, 0.3) is 0 Å². The number of anilines is 1. The van der Waals surface area contributed by atoms with E-state index < -0.39 is 12.0 Å². The predicted molar refractivity (Wildman–Crippen MR) is 71.6 cm³/mol. The lowest BCUT2D eigenvalue weighted by molar-refractivity contribution is -0.141. The topological polar surface area (TPSA) is 87.9 Å². The fourth-order valence-corrected chi connectivity index (χ4v) is 1.65. The molecule has 1 aromatic heterocycles. The molecule has 0 bridgehead atoms. The van der Waals surface area contributed by atoms with Crippen LogP contribution < -0.4 is 5.32 Å². The zero-order chi connectivity index (χ0) is 14.4. The van der Waals surface area contributed by atoms with Crippen molar-refractivity contribution in [2.75, 3.05) is 12.4 Å². The van der Waals surface area contributed by atoms with Crippen molar-refractivity contribution in [2.45, 2.75) is 6.04 Å². The number of ether oxygens (including phenoxy) is 1. The van der Waals surface area contributed by atoms with Crippen LogP contribution in [0.5, 0.6) is 0 Å². The molecule has 2 aromatic rings. The van der Waals surface area contributed by atoms with Crippen LogP contribution in [0.25, 0.3) is 0 Å². The number of carbonyl (C=O) groups excluding carboxylic acids is 1. The van der Waals surface area contributed by atoms with E-state index in [0.29, 0.717) is 5.82 Å². The van der Waals surface area contributed by atoms with Crippen molar-refractivity contribution < 1.29 is 9.53 Å². The third kappa shape index (κ3) is 3.09. The number of benzene rings is 1. The van der Waals surface area contributed by atoms with Gasteiger partial charge in [-0.3, -0.25) is 0 Å². The number of methoxy groups -OCH3 is 1. The highest BCUT2D eigenvalue weighted by Crippen LogP contribution is 2.19. The molecule has 20 heavy (non-hydrogen) atoms. The van der Waals surface area contributed by atoms with Crippen molar-refractivity contribution in [2.24, 2.45) is 0 Å². The quantitative estimate of drug-likeness (QED) is 0.849. The smallest absolute Gasteiger partial charge is 0.333 e. The molecule has 0 saturated heterocycles. The van der Waals surface area contributed by atoms with Gasteiger partial charge >= 0.3 is 5.97 Å². The molecule has 0 aliphatic heterocycles. The molecule has 1 heterocycles. The minimum Gasteiger partial charge on any atom is -0.467 e. The minimum atomic E-state index is -0.677. The van der Waals surface area contributed by atoms with Crippen molar-refractivity contribution in [3.05, 3.63) is 54.0 Å². The maximum atomic E-state index is 11.9. The summed E-state index contributed by atoms with van der Waals surface area (Å²) >= 11 is 0. The zero-order valence-electron chi connectivity index (χ0n) is 10.8. The normalized spacial score (nSPS) is 11.2. The van der Waals surface area contributed by atoms with E-state index >= 15 is 0 Å². The molecule has 0 radical (unpaired) electrons. The van der Waals surface area contributed by atoms with Gasteiger partial charge in [0.1, 0.15) is 11.9 Å². The average molecular weight is 268 g/mol. The van der Waals surface area contributed by atoms with Crippen LogP contribution in [0.15, 0.2) is 42.7 Å². The summed E-state index contributed by atoms with van der Waals surface area (Å²) in [4.78, 5) is 19.8. The molecule has 0 fully saturated rings. The van der Waals surface area contributed by atoms with E-state index in [0.717, 1.165) is 5.56 Å². The standard InChI is InChI=1S/C14H12N4O2/c1-20-14(19)13(10-5-3-2-4-6-10)18-12-9-16-11(7-15)8-17-12/h2-6,8-9,13H,1H3,(H,17,18). The maximum Gasteiger partial charge on any atom is 0.333 e. The van der Waals surface area contributed by atoms with Gasteiger partial charge in [-0.05, 0) is 5.56 Å². The summed E-state index contributed by atoms with van der Waals surface area (Å²) in [6.45, 7) is 0. The van der Waals surface area contributed by atoms with Crippen molar-refractivity contribution in [3.8, 4) is 6.07 Å². The third-order valence-corrected chi connectivity index (χ3v) is 2.63. The Kier molecular flexibility index (Phi) is 4.24. The van der Waals surface area contributed by atoms with Gasteiger partial charge in [0.15, 0.2) is 11.7 Å². The number of esters is 1. The van der Waals surface area contributed by atoms with Crippen LogP contribution in [0.1, 0.15) is 17.3 Å². The summed E-state index contributed by atoms with van der Waals surface area (Å²) < 4.78 is 4.78. The second-order valence-corrected chi connectivity index (χ2v) is 3.91. The summed E-state index contributed by atoms with van der Waals surface area (Å²) in [5.74, 6) is -0.0365. The number of nitrogens with one attached hydrogen (secondary N) is 1. The van der Waals surface area contributed by atoms with Gasteiger partial charge < -0.3 is 10.1 Å². The van der Waals surface area contributed by atoms with E-state index in [9.17, 15) is 4.79 Å². The lowest BCUT2D eigenvalue weighted by Gasteiger charge is -2.17. The number of rotatable bonds is 4. The molecule has 100 valence electrons. The van der Waals surface area contributed by atoms with Crippen LogP contribution in [0.2, 0.25) is 0 Å². The molecule has 1 unspecified atom stereocenters. The van der Waals surface area contributed by atoms with Crippen LogP contribution in [-0.2, 0) is 9.53 Å². The first-order valence-corrected chi connectivity index (χ1v) is 5.86.